The highest BCUT2D eigenvalue weighted by atomic mass is 35.5. The molecule has 1 atom stereocenters. The highest BCUT2D eigenvalue weighted by Crippen LogP contribution is 2.26. The molecular formula is C18H17Cl2N3O. The summed E-state index contributed by atoms with van der Waals surface area (Å²) in [5.41, 5.74) is 1.98. The van der Waals surface area contributed by atoms with Gasteiger partial charge in [0.25, 0.3) is 0 Å². The van der Waals surface area contributed by atoms with Crippen molar-refractivity contribution in [3.8, 4) is 11.5 Å². The minimum absolute atomic E-state index is 0.0129. The highest BCUT2D eigenvalue weighted by Gasteiger charge is 2.19. The third kappa shape index (κ3) is 3.96. The van der Waals surface area contributed by atoms with Crippen LogP contribution in [0, 0.1) is 0 Å². The van der Waals surface area contributed by atoms with Gasteiger partial charge in [-0.05, 0) is 49.9 Å². The molecule has 4 nitrogen and oxygen atoms in total. The molecule has 0 saturated heterocycles. The molecule has 0 spiro atoms. The summed E-state index contributed by atoms with van der Waals surface area (Å²) in [7, 11) is 2.02. The molecule has 0 amide bonds. The normalized spacial score (nSPS) is 12.5. The van der Waals surface area contributed by atoms with Gasteiger partial charge in [-0.2, -0.15) is 0 Å². The Morgan fingerprint density at radius 2 is 1.79 bits per heavy atom. The van der Waals surface area contributed by atoms with Gasteiger partial charge in [0.15, 0.2) is 0 Å². The first-order valence-corrected chi connectivity index (χ1v) is 8.32. The van der Waals surface area contributed by atoms with E-state index < -0.39 is 0 Å². The van der Waals surface area contributed by atoms with Gasteiger partial charge in [0.05, 0.1) is 6.04 Å². The molecule has 3 aromatic rings. The maximum absolute atomic E-state index is 6.01. The van der Waals surface area contributed by atoms with E-state index in [-0.39, 0.29) is 6.04 Å². The fourth-order valence-electron chi connectivity index (χ4n) is 2.34. The predicted octanol–water partition coefficient (Wildman–Crippen LogP) is 5.24. The van der Waals surface area contributed by atoms with Crippen LogP contribution >= 0.6 is 23.2 Å². The minimum Gasteiger partial charge on any atom is -0.419 e. The number of nitrogens with zero attached hydrogens (tertiary/aromatic N) is 3. The van der Waals surface area contributed by atoms with Gasteiger partial charge < -0.3 is 4.42 Å². The van der Waals surface area contributed by atoms with Crippen LogP contribution in [0.5, 0.6) is 0 Å². The fourth-order valence-corrected chi connectivity index (χ4v) is 2.66. The van der Waals surface area contributed by atoms with Crippen LogP contribution in [0.4, 0.5) is 0 Å². The van der Waals surface area contributed by atoms with Gasteiger partial charge in [0.2, 0.25) is 11.8 Å². The molecule has 6 heteroatoms. The van der Waals surface area contributed by atoms with Gasteiger partial charge in [-0.3, -0.25) is 4.90 Å². The summed E-state index contributed by atoms with van der Waals surface area (Å²) in [6, 6.07) is 15.2. The monoisotopic (exact) mass is 361 g/mol. The van der Waals surface area contributed by atoms with E-state index in [2.05, 4.69) is 15.1 Å². The third-order valence-electron chi connectivity index (χ3n) is 3.88. The summed E-state index contributed by atoms with van der Waals surface area (Å²) in [6.45, 7) is 2.79. The summed E-state index contributed by atoms with van der Waals surface area (Å²) in [5.74, 6) is 1.04. The number of halogens is 2. The van der Waals surface area contributed by atoms with E-state index in [1.165, 1.54) is 5.56 Å². The zero-order chi connectivity index (χ0) is 17.1. The Kier molecular flexibility index (Phi) is 5.19. The van der Waals surface area contributed by atoms with E-state index in [4.69, 9.17) is 27.6 Å². The molecule has 0 fully saturated rings. The molecule has 24 heavy (non-hydrogen) atoms. The summed E-state index contributed by atoms with van der Waals surface area (Å²) >= 11 is 11.9. The Labute approximate surface area is 151 Å². The molecule has 124 valence electrons. The molecule has 3 rings (SSSR count). The first kappa shape index (κ1) is 17.0. The lowest BCUT2D eigenvalue weighted by molar-refractivity contribution is 0.218. The quantitative estimate of drug-likeness (QED) is 0.623. The molecule has 0 radical (unpaired) electrons. The third-order valence-corrected chi connectivity index (χ3v) is 4.36. The number of hydrogen-bond acceptors (Lipinski definition) is 4. The Morgan fingerprint density at radius 3 is 2.50 bits per heavy atom. The molecule has 0 saturated carbocycles. The Bertz CT molecular complexity index is 817. The van der Waals surface area contributed by atoms with Gasteiger partial charge in [-0.25, -0.2) is 0 Å². The number of hydrogen-bond donors (Lipinski definition) is 0. The van der Waals surface area contributed by atoms with E-state index >= 15 is 0 Å². The molecule has 0 aliphatic heterocycles. The van der Waals surface area contributed by atoms with E-state index in [1.54, 1.807) is 6.07 Å². The summed E-state index contributed by atoms with van der Waals surface area (Å²) < 4.78 is 5.82. The van der Waals surface area contributed by atoms with Crippen LogP contribution in [-0.4, -0.2) is 22.1 Å². The van der Waals surface area contributed by atoms with Crippen LogP contribution in [-0.2, 0) is 6.54 Å². The number of benzene rings is 2. The van der Waals surface area contributed by atoms with E-state index in [1.807, 2.05) is 56.4 Å². The number of aromatic nitrogens is 2. The largest absolute Gasteiger partial charge is 0.419 e. The van der Waals surface area contributed by atoms with Crippen LogP contribution in [0.3, 0.4) is 0 Å². The highest BCUT2D eigenvalue weighted by molar-refractivity contribution is 6.31. The first-order chi connectivity index (χ1) is 11.5. The summed E-state index contributed by atoms with van der Waals surface area (Å²) in [5, 5.41) is 9.68. The standard InChI is InChI=1S/C18H17Cl2N3O/c1-12(23(2)11-13-6-8-15(19)9-7-13)17-21-22-18(24-17)14-4-3-5-16(20)10-14/h3-10,12H,11H2,1-2H3/t12-/m0/s1. The topological polar surface area (TPSA) is 42.2 Å². The SMILES string of the molecule is C[C@@H](c1nnc(-c2cccc(Cl)c2)o1)N(C)Cc1ccc(Cl)cc1. The Hall–Kier alpha value is -1.88. The van der Waals surface area contributed by atoms with Gasteiger partial charge in [-0.1, -0.05) is 41.4 Å². The molecule has 0 aliphatic carbocycles. The molecule has 2 aromatic carbocycles. The van der Waals surface area contributed by atoms with Crippen molar-refractivity contribution in [3.05, 3.63) is 70.0 Å². The summed E-state index contributed by atoms with van der Waals surface area (Å²) in [6.07, 6.45) is 0. The average Bonchev–Trinajstić information content (AvgIpc) is 3.06. The second-order valence-corrected chi connectivity index (χ2v) is 6.55. The van der Waals surface area contributed by atoms with Gasteiger partial charge in [-0.15, -0.1) is 10.2 Å². The average molecular weight is 362 g/mol. The second-order valence-electron chi connectivity index (χ2n) is 5.67. The number of rotatable bonds is 5. The van der Waals surface area contributed by atoms with Crippen LogP contribution in [0.15, 0.2) is 52.9 Å². The van der Waals surface area contributed by atoms with E-state index in [0.29, 0.717) is 16.8 Å². The van der Waals surface area contributed by atoms with Crippen molar-refractivity contribution < 1.29 is 4.42 Å². The zero-order valence-electron chi connectivity index (χ0n) is 13.4. The molecule has 1 heterocycles. The molecular weight excluding hydrogens is 345 g/mol. The van der Waals surface area contributed by atoms with Gasteiger partial charge in [0, 0.05) is 22.2 Å². The Balaban J connectivity index is 1.73. The van der Waals surface area contributed by atoms with Crippen molar-refractivity contribution in [2.45, 2.75) is 19.5 Å². The molecule has 0 N–H and O–H groups in total. The molecule has 0 aliphatic rings. The Morgan fingerprint density at radius 1 is 1.04 bits per heavy atom. The molecule has 1 aromatic heterocycles. The van der Waals surface area contributed by atoms with Crippen LogP contribution in [0.2, 0.25) is 10.0 Å². The van der Waals surface area contributed by atoms with Crippen LogP contribution in [0.25, 0.3) is 11.5 Å². The fraction of sp³-hybridized carbons (Fsp3) is 0.222. The van der Waals surface area contributed by atoms with Gasteiger partial charge >= 0.3 is 0 Å². The van der Waals surface area contributed by atoms with Crippen molar-refractivity contribution >= 4 is 23.2 Å². The predicted molar refractivity (Wildman–Crippen MR) is 96.1 cm³/mol. The van der Waals surface area contributed by atoms with E-state index in [9.17, 15) is 0 Å². The van der Waals surface area contributed by atoms with Crippen LogP contribution in [0.1, 0.15) is 24.4 Å². The van der Waals surface area contributed by atoms with Crippen molar-refractivity contribution in [2.75, 3.05) is 7.05 Å². The van der Waals surface area contributed by atoms with Crippen molar-refractivity contribution in [1.29, 1.82) is 0 Å². The maximum atomic E-state index is 6.01. The lowest BCUT2D eigenvalue weighted by Gasteiger charge is -2.21. The summed E-state index contributed by atoms with van der Waals surface area (Å²) in [4.78, 5) is 2.14. The van der Waals surface area contributed by atoms with Crippen molar-refractivity contribution in [3.63, 3.8) is 0 Å². The minimum atomic E-state index is -0.0129. The zero-order valence-corrected chi connectivity index (χ0v) is 14.9. The maximum Gasteiger partial charge on any atom is 0.247 e. The first-order valence-electron chi connectivity index (χ1n) is 7.57. The smallest absolute Gasteiger partial charge is 0.247 e. The lowest BCUT2D eigenvalue weighted by Crippen LogP contribution is -2.22. The second kappa shape index (κ2) is 7.34. The van der Waals surface area contributed by atoms with Crippen molar-refractivity contribution in [1.82, 2.24) is 15.1 Å². The molecule has 0 unspecified atom stereocenters. The molecule has 0 bridgehead atoms. The van der Waals surface area contributed by atoms with Gasteiger partial charge in [0.1, 0.15) is 0 Å². The van der Waals surface area contributed by atoms with Crippen LogP contribution < -0.4 is 0 Å². The van der Waals surface area contributed by atoms with Crippen molar-refractivity contribution in [2.24, 2.45) is 0 Å². The van der Waals surface area contributed by atoms with E-state index in [0.717, 1.165) is 17.1 Å². The lowest BCUT2D eigenvalue weighted by atomic mass is 10.2.